The minimum Gasteiger partial charge on any atom is -0.370 e. The van der Waals surface area contributed by atoms with Gasteiger partial charge in [-0.3, -0.25) is 4.99 Å². The van der Waals surface area contributed by atoms with Gasteiger partial charge in [-0.2, -0.15) is 0 Å². The van der Waals surface area contributed by atoms with E-state index in [1.807, 2.05) is 12.3 Å². The molecular weight excluding hydrogens is 406 g/mol. The molecule has 1 aromatic heterocycles. The first kappa shape index (κ1) is 18.0. The van der Waals surface area contributed by atoms with E-state index in [0.717, 1.165) is 36.0 Å². The van der Waals surface area contributed by atoms with E-state index in [1.54, 1.807) is 0 Å². The van der Waals surface area contributed by atoms with Gasteiger partial charge in [-0.25, -0.2) is 4.39 Å². The molecule has 0 aliphatic carbocycles. The van der Waals surface area contributed by atoms with Crippen LogP contribution in [0.15, 0.2) is 29.4 Å². The van der Waals surface area contributed by atoms with Crippen molar-refractivity contribution in [2.75, 3.05) is 19.6 Å². The van der Waals surface area contributed by atoms with Gasteiger partial charge in [-0.1, -0.05) is 12.8 Å². The molecule has 1 aliphatic rings. The van der Waals surface area contributed by atoms with E-state index in [-0.39, 0.29) is 29.8 Å². The summed E-state index contributed by atoms with van der Waals surface area (Å²) in [7, 11) is 0. The van der Waals surface area contributed by atoms with Crippen LogP contribution in [0.5, 0.6) is 0 Å². The molecule has 3 rings (SSSR count). The number of aromatic nitrogens is 1. The minimum absolute atomic E-state index is 0. The first-order chi connectivity index (χ1) is 10.7. The van der Waals surface area contributed by atoms with Crippen LogP contribution in [0.4, 0.5) is 4.39 Å². The molecule has 1 aliphatic heterocycles. The van der Waals surface area contributed by atoms with E-state index >= 15 is 0 Å². The van der Waals surface area contributed by atoms with Crippen LogP contribution in [0, 0.1) is 5.82 Å². The van der Waals surface area contributed by atoms with Crippen molar-refractivity contribution in [1.29, 1.82) is 0 Å². The first-order valence-corrected chi connectivity index (χ1v) is 8.04. The molecule has 0 saturated carbocycles. The highest BCUT2D eigenvalue weighted by atomic mass is 127. The number of nitrogens with two attached hydrogens (primary N) is 1. The third kappa shape index (κ3) is 4.59. The molecule has 0 spiro atoms. The van der Waals surface area contributed by atoms with E-state index in [4.69, 9.17) is 5.73 Å². The number of aromatic amines is 1. The smallest absolute Gasteiger partial charge is 0.191 e. The number of H-pyrrole nitrogens is 1. The molecule has 6 heteroatoms. The Morgan fingerprint density at radius 3 is 2.70 bits per heavy atom. The molecule has 0 unspecified atom stereocenters. The third-order valence-corrected chi connectivity index (χ3v) is 4.31. The van der Waals surface area contributed by atoms with Crippen LogP contribution in [0.1, 0.15) is 31.2 Å². The number of fused-ring (bicyclic) bond motifs is 1. The van der Waals surface area contributed by atoms with Crippen LogP contribution in [0.3, 0.4) is 0 Å². The second-order valence-corrected chi connectivity index (χ2v) is 5.90. The van der Waals surface area contributed by atoms with Crippen LogP contribution >= 0.6 is 24.0 Å². The van der Waals surface area contributed by atoms with Gasteiger partial charge in [0, 0.05) is 36.7 Å². The van der Waals surface area contributed by atoms with Gasteiger partial charge in [0.1, 0.15) is 5.82 Å². The number of hydrogen-bond acceptors (Lipinski definition) is 1. The molecule has 0 atom stereocenters. The van der Waals surface area contributed by atoms with Crippen molar-refractivity contribution in [2.45, 2.75) is 32.1 Å². The number of likely N-dealkylation sites (tertiary alicyclic amines) is 1. The standard InChI is InChI=1S/C17H23FN4.HI/c18-14-5-6-15-13(12-21-16(15)11-14)7-8-20-17(19)22-9-3-1-2-4-10-22;/h5-6,11-12,21H,1-4,7-10H2,(H2,19,20);1H. The number of aliphatic imine (C=N–C) groups is 1. The van der Waals surface area contributed by atoms with Gasteiger partial charge in [0.25, 0.3) is 0 Å². The monoisotopic (exact) mass is 430 g/mol. The molecule has 1 aromatic carbocycles. The summed E-state index contributed by atoms with van der Waals surface area (Å²) < 4.78 is 13.2. The summed E-state index contributed by atoms with van der Waals surface area (Å²) in [5.74, 6) is 0.442. The number of guanidine groups is 1. The summed E-state index contributed by atoms with van der Waals surface area (Å²) >= 11 is 0. The first-order valence-electron chi connectivity index (χ1n) is 8.04. The summed E-state index contributed by atoms with van der Waals surface area (Å²) in [5, 5.41) is 1.06. The summed E-state index contributed by atoms with van der Waals surface area (Å²) in [6, 6.07) is 4.83. The van der Waals surface area contributed by atoms with E-state index in [9.17, 15) is 4.39 Å². The van der Waals surface area contributed by atoms with Crippen LogP contribution in [-0.2, 0) is 6.42 Å². The lowest BCUT2D eigenvalue weighted by molar-refractivity contribution is 0.428. The van der Waals surface area contributed by atoms with Gasteiger partial charge in [0.2, 0.25) is 0 Å². The molecule has 1 fully saturated rings. The normalized spacial score (nSPS) is 16.2. The highest BCUT2D eigenvalue weighted by Crippen LogP contribution is 2.19. The Balaban J connectivity index is 0.00000192. The van der Waals surface area contributed by atoms with E-state index in [2.05, 4.69) is 14.9 Å². The molecule has 126 valence electrons. The van der Waals surface area contributed by atoms with Gasteiger partial charge < -0.3 is 15.6 Å². The van der Waals surface area contributed by atoms with Crippen molar-refractivity contribution in [3.05, 3.63) is 35.8 Å². The van der Waals surface area contributed by atoms with E-state index in [1.165, 1.54) is 37.8 Å². The fraction of sp³-hybridized carbons (Fsp3) is 0.471. The van der Waals surface area contributed by atoms with Crippen molar-refractivity contribution in [3.63, 3.8) is 0 Å². The lowest BCUT2D eigenvalue weighted by Crippen LogP contribution is -2.38. The predicted octanol–water partition coefficient (Wildman–Crippen LogP) is 3.66. The maximum absolute atomic E-state index is 13.2. The largest absolute Gasteiger partial charge is 0.370 e. The number of nitrogens with zero attached hydrogens (tertiary/aromatic N) is 2. The quantitative estimate of drug-likeness (QED) is 0.444. The Bertz CT molecular complexity index is 660. The molecule has 0 amide bonds. The Morgan fingerprint density at radius 1 is 1.22 bits per heavy atom. The molecule has 4 nitrogen and oxygen atoms in total. The van der Waals surface area contributed by atoms with Gasteiger partial charge in [-0.05, 0) is 43.0 Å². The lowest BCUT2D eigenvalue weighted by atomic mass is 10.1. The summed E-state index contributed by atoms with van der Waals surface area (Å²) in [5.41, 5.74) is 8.10. The minimum atomic E-state index is -0.218. The summed E-state index contributed by atoms with van der Waals surface area (Å²) in [6.45, 7) is 2.69. The third-order valence-electron chi connectivity index (χ3n) is 4.31. The SMILES string of the molecule is I.NC(=NCCc1c[nH]c2cc(F)ccc12)N1CCCCCC1. The maximum Gasteiger partial charge on any atom is 0.191 e. The Kier molecular flexibility index (Phi) is 6.68. The van der Waals surface area contributed by atoms with Crippen LogP contribution in [0.2, 0.25) is 0 Å². The van der Waals surface area contributed by atoms with Crippen LogP contribution < -0.4 is 5.73 Å². The zero-order valence-corrected chi connectivity index (χ0v) is 15.6. The number of rotatable bonds is 3. The second kappa shape index (κ2) is 8.52. The molecule has 2 heterocycles. The van der Waals surface area contributed by atoms with Crippen molar-refractivity contribution in [1.82, 2.24) is 9.88 Å². The zero-order valence-electron chi connectivity index (χ0n) is 13.2. The lowest BCUT2D eigenvalue weighted by Gasteiger charge is -2.21. The van der Waals surface area contributed by atoms with Crippen molar-refractivity contribution < 1.29 is 4.39 Å². The van der Waals surface area contributed by atoms with Gasteiger partial charge in [0.15, 0.2) is 5.96 Å². The molecule has 0 radical (unpaired) electrons. The number of hydrogen-bond donors (Lipinski definition) is 2. The Hall–Kier alpha value is -1.31. The average molecular weight is 430 g/mol. The molecule has 3 N–H and O–H groups in total. The fourth-order valence-corrected chi connectivity index (χ4v) is 3.06. The van der Waals surface area contributed by atoms with Crippen molar-refractivity contribution >= 4 is 40.8 Å². The topological polar surface area (TPSA) is 57.4 Å². The molecule has 0 bridgehead atoms. The highest BCUT2D eigenvalue weighted by Gasteiger charge is 2.10. The average Bonchev–Trinajstić information content (AvgIpc) is 2.74. The van der Waals surface area contributed by atoms with E-state index in [0.29, 0.717) is 12.5 Å². The number of benzene rings is 1. The molecule has 2 aromatic rings. The zero-order chi connectivity index (χ0) is 15.4. The Labute approximate surface area is 153 Å². The molecule has 23 heavy (non-hydrogen) atoms. The summed E-state index contributed by atoms with van der Waals surface area (Å²) in [6.07, 6.45) is 7.71. The fourth-order valence-electron chi connectivity index (χ4n) is 3.06. The number of halogens is 2. The summed E-state index contributed by atoms with van der Waals surface area (Å²) in [4.78, 5) is 9.82. The molecular formula is C17H24FIN4. The highest BCUT2D eigenvalue weighted by molar-refractivity contribution is 14.0. The van der Waals surface area contributed by atoms with Crippen molar-refractivity contribution in [3.8, 4) is 0 Å². The van der Waals surface area contributed by atoms with Gasteiger partial charge in [0.05, 0.1) is 0 Å². The van der Waals surface area contributed by atoms with Crippen LogP contribution in [-0.4, -0.2) is 35.5 Å². The predicted molar refractivity (Wildman–Crippen MR) is 104 cm³/mol. The second-order valence-electron chi connectivity index (χ2n) is 5.90. The Morgan fingerprint density at radius 2 is 1.96 bits per heavy atom. The number of nitrogens with one attached hydrogen (secondary N) is 1. The van der Waals surface area contributed by atoms with E-state index < -0.39 is 0 Å². The molecule has 1 saturated heterocycles. The van der Waals surface area contributed by atoms with Crippen LogP contribution in [0.25, 0.3) is 10.9 Å². The van der Waals surface area contributed by atoms with Gasteiger partial charge >= 0.3 is 0 Å². The van der Waals surface area contributed by atoms with Crippen molar-refractivity contribution in [2.24, 2.45) is 10.7 Å². The maximum atomic E-state index is 13.2. The van der Waals surface area contributed by atoms with Gasteiger partial charge in [-0.15, -0.1) is 24.0 Å².